The number of hydrogen-bond acceptors (Lipinski definition) is 3. The number of halogens is 2. The molecule has 2 rings (SSSR count). The molecule has 1 aliphatic heterocycles. The number of hydrogen-bond donors (Lipinski definition) is 2. The van der Waals surface area contributed by atoms with E-state index in [2.05, 4.69) is 5.32 Å². The van der Waals surface area contributed by atoms with Crippen LogP contribution in [0.3, 0.4) is 0 Å². The van der Waals surface area contributed by atoms with Gasteiger partial charge in [0, 0.05) is 17.3 Å². The summed E-state index contributed by atoms with van der Waals surface area (Å²) in [4.78, 5) is 25.2. The number of carbonyl (C=O) groups is 2. The highest BCUT2D eigenvalue weighted by molar-refractivity contribution is 6.31. The molecule has 1 saturated heterocycles. The fraction of sp³-hybridized carbons (Fsp3) is 0.467. The number of carbonyl (C=O) groups excluding carboxylic acids is 1. The van der Waals surface area contributed by atoms with Gasteiger partial charge in [-0.2, -0.15) is 0 Å². The molecule has 2 N–H and O–H groups in total. The summed E-state index contributed by atoms with van der Waals surface area (Å²) >= 11 is 6.03. The minimum Gasteiger partial charge on any atom is -0.481 e. The number of anilines is 1. The van der Waals surface area contributed by atoms with Gasteiger partial charge >= 0.3 is 5.97 Å². The van der Waals surface area contributed by atoms with Crippen molar-refractivity contribution < 1.29 is 14.7 Å². The monoisotopic (exact) mass is 346 g/mol. The van der Waals surface area contributed by atoms with Crippen LogP contribution in [0.4, 0.5) is 5.69 Å². The zero-order valence-corrected chi connectivity index (χ0v) is 14.1. The van der Waals surface area contributed by atoms with Gasteiger partial charge in [-0.05, 0) is 44.5 Å². The van der Waals surface area contributed by atoms with Crippen LogP contribution in [0.5, 0.6) is 0 Å². The molecule has 1 aromatic carbocycles. The van der Waals surface area contributed by atoms with Gasteiger partial charge in [0.05, 0.1) is 12.0 Å². The number of amides is 1. The fourth-order valence-corrected chi connectivity index (χ4v) is 2.66. The molecule has 5 nitrogen and oxygen atoms in total. The molecule has 0 aliphatic carbocycles. The number of nitrogens with one attached hydrogen (secondary N) is 1. The van der Waals surface area contributed by atoms with Gasteiger partial charge in [0.15, 0.2) is 0 Å². The van der Waals surface area contributed by atoms with Crippen molar-refractivity contribution in [3.05, 3.63) is 28.8 Å². The quantitative estimate of drug-likeness (QED) is 0.879. The zero-order chi connectivity index (χ0) is 15.6. The lowest BCUT2D eigenvalue weighted by Gasteiger charge is -2.23. The minimum atomic E-state index is -0.796. The maximum Gasteiger partial charge on any atom is 0.307 e. The van der Waals surface area contributed by atoms with E-state index in [4.69, 9.17) is 16.7 Å². The smallest absolute Gasteiger partial charge is 0.307 e. The van der Waals surface area contributed by atoms with Crippen LogP contribution in [-0.4, -0.2) is 41.0 Å². The van der Waals surface area contributed by atoms with Crippen LogP contribution in [0, 0.1) is 12.8 Å². The van der Waals surface area contributed by atoms with Crippen molar-refractivity contribution in [2.75, 3.05) is 18.4 Å². The summed E-state index contributed by atoms with van der Waals surface area (Å²) in [5, 5.41) is 12.5. The molecule has 1 aromatic rings. The topological polar surface area (TPSA) is 69.6 Å². The van der Waals surface area contributed by atoms with E-state index >= 15 is 0 Å². The third kappa shape index (κ3) is 4.12. The Labute approximate surface area is 141 Å². The predicted molar refractivity (Wildman–Crippen MR) is 88.8 cm³/mol. The standard InChI is InChI=1S/C15H19ClN2O3.ClH/c1-9-12(16)4-3-5-13(9)17-14(19)10(2)18-7-6-11(8-18)15(20)21;/h3-5,10-11H,6-8H2,1-2H3,(H,17,19)(H,20,21);1H. The minimum absolute atomic E-state index is 0. The molecule has 7 heteroatoms. The first-order chi connectivity index (χ1) is 9.90. The van der Waals surface area contributed by atoms with Crippen molar-refractivity contribution in [1.29, 1.82) is 0 Å². The van der Waals surface area contributed by atoms with Gasteiger partial charge in [0.2, 0.25) is 5.91 Å². The number of rotatable bonds is 4. The first-order valence-electron chi connectivity index (χ1n) is 6.93. The summed E-state index contributed by atoms with van der Waals surface area (Å²) < 4.78 is 0. The molecular formula is C15H20Cl2N2O3. The van der Waals surface area contributed by atoms with Crippen LogP contribution in [-0.2, 0) is 9.59 Å². The van der Waals surface area contributed by atoms with Crippen LogP contribution in [0.15, 0.2) is 18.2 Å². The lowest BCUT2D eigenvalue weighted by molar-refractivity contribution is -0.141. The fourth-order valence-electron chi connectivity index (χ4n) is 2.49. The van der Waals surface area contributed by atoms with E-state index in [1.165, 1.54) is 0 Å². The number of benzene rings is 1. The molecule has 0 saturated carbocycles. The molecule has 0 radical (unpaired) electrons. The molecule has 2 unspecified atom stereocenters. The van der Waals surface area contributed by atoms with E-state index < -0.39 is 5.97 Å². The van der Waals surface area contributed by atoms with Crippen molar-refractivity contribution in [2.24, 2.45) is 5.92 Å². The Kier molecular flexibility index (Phi) is 6.66. The largest absolute Gasteiger partial charge is 0.481 e. The first-order valence-corrected chi connectivity index (χ1v) is 7.30. The maximum absolute atomic E-state index is 12.3. The van der Waals surface area contributed by atoms with E-state index in [9.17, 15) is 9.59 Å². The summed E-state index contributed by atoms with van der Waals surface area (Å²) in [6, 6.07) is 4.99. The number of aliphatic carboxylic acids is 1. The molecule has 1 heterocycles. The summed E-state index contributed by atoms with van der Waals surface area (Å²) in [5.41, 5.74) is 1.51. The number of carboxylic acids is 1. The van der Waals surface area contributed by atoms with Gasteiger partial charge in [-0.25, -0.2) is 0 Å². The molecule has 22 heavy (non-hydrogen) atoms. The van der Waals surface area contributed by atoms with Crippen LogP contribution in [0.1, 0.15) is 18.9 Å². The van der Waals surface area contributed by atoms with Gasteiger partial charge in [-0.1, -0.05) is 17.7 Å². The van der Waals surface area contributed by atoms with Crippen molar-refractivity contribution in [3.63, 3.8) is 0 Å². The molecule has 0 spiro atoms. The van der Waals surface area contributed by atoms with Crippen molar-refractivity contribution in [1.82, 2.24) is 4.90 Å². The third-order valence-corrected chi connectivity index (χ3v) is 4.43. The summed E-state index contributed by atoms with van der Waals surface area (Å²) in [6.45, 7) is 4.68. The van der Waals surface area contributed by atoms with Crippen molar-refractivity contribution in [2.45, 2.75) is 26.3 Å². The molecule has 0 bridgehead atoms. The summed E-state index contributed by atoms with van der Waals surface area (Å²) in [7, 11) is 0. The van der Waals surface area contributed by atoms with E-state index in [0.717, 1.165) is 5.56 Å². The molecule has 1 amide bonds. The second-order valence-corrected chi connectivity index (χ2v) is 5.80. The van der Waals surface area contributed by atoms with Crippen LogP contribution < -0.4 is 5.32 Å². The van der Waals surface area contributed by atoms with E-state index in [-0.39, 0.29) is 30.3 Å². The van der Waals surface area contributed by atoms with Crippen molar-refractivity contribution in [3.8, 4) is 0 Å². The normalized spacial score (nSPS) is 19.3. The van der Waals surface area contributed by atoms with Crippen LogP contribution >= 0.6 is 24.0 Å². The second kappa shape index (κ2) is 7.81. The molecule has 0 aromatic heterocycles. The molecular weight excluding hydrogens is 327 g/mol. The van der Waals surface area contributed by atoms with Gasteiger partial charge in [0.1, 0.15) is 0 Å². The van der Waals surface area contributed by atoms with Gasteiger partial charge < -0.3 is 10.4 Å². The lowest BCUT2D eigenvalue weighted by Crippen LogP contribution is -2.41. The van der Waals surface area contributed by atoms with Crippen molar-refractivity contribution >= 4 is 41.6 Å². The Morgan fingerprint density at radius 2 is 2.14 bits per heavy atom. The van der Waals surface area contributed by atoms with E-state index in [1.807, 2.05) is 11.8 Å². The van der Waals surface area contributed by atoms with Crippen LogP contribution in [0.25, 0.3) is 0 Å². The molecule has 122 valence electrons. The SMILES string of the molecule is Cc1c(Cl)cccc1NC(=O)C(C)N1CCC(C(=O)O)C1.Cl. The summed E-state index contributed by atoms with van der Waals surface area (Å²) in [5.74, 6) is -1.32. The molecule has 1 aliphatic rings. The van der Waals surface area contributed by atoms with Gasteiger partial charge in [0.25, 0.3) is 0 Å². The number of nitrogens with zero attached hydrogens (tertiary/aromatic N) is 1. The van der Waals surface area contributed by atoms with E-state index in [0.29, 0.717) is 30.2 Å². The van der Waals surface area contributed by atoms with Gasteiger partial charge in [-0.3, -0.25) is 14.5 Å². The summed E-state index contributed by atoms with van der Waals surface area (Å²) in [6.07, 6.45) is 0.586. The molecule has 1 fully saturated rings. The molecule has 2 atom stereocenters. The Morgan fingerprint density at radius 1 is 1.45 bits per heavy atom. The number of likely N-dealkylation sites (tertiary alicyclic amines) is 1. The Morgan fingerprint density at radius 3 is 2.73 bits per heavy atom. The first kappa shape index (κ1) is 18.7. The average molecular weight is 347 g/mol. The Bertz CT molecular complexity index is 566. The highest BCUT2D eigenvalue weighted by Gasteiger charge is 2.33. The highest BCUT2D eigenvalue weighted by atomic mass is 35.5. The third-order valence-electron chi connectivity index (χ3n) is 4.02. The number of carboxylic acid groups (broad SMARTS) is 1. The average Bonchev–Trinajstić information content (AvgIpc) is 2.93. The van der Waals surface area contributed by atoms with Crippen LogP contribution in [0.2, 0.25) is 5.02 Å². The van der Waals surface area contributed by atoms with E-state index in [1.54, 1.807) is 25.1 Å². The predicted octanol–water partition coefficient (Wildman–Crippen LogP) is 2.80. The maximum atomic E-state index is 12.3. The zero-order valence-electron chi connectivity index (χ0n) is 12.5. The Balaban J connectivity index is 0.00000242. The lowest BCUT2D eigenvalue weighted by atomic mass is 10.1. The highest BCUT2D eigenvalue weighted by Crippen LogP contribution is 2.24. The van der Waals surface area contributed by atoms with Gasteiger partial charge in [-0.15, -0.1) is 12.4 Å². The Hall–Kier alpha value is -1.30. The second-order valence-electron chi connectivity index (χ2n) is 5.40.